The number of halogens is 3. The first-order chi connectivity index (χ1) is 11.9. The van der Waals surface area contributed by atoms with Gasteiger partial charge in [0, 0.05) is 23.1 Å². The summed E-state index contributed by atoms with van der Waals surface area (Å²) in [4.78, 5) is 11.6. The largest absolute Gasteiger partial charge is 0.497 e. The number of hydrazine groups is 1. The highest BCUT2D eigenvalue weighted by Crippen LogP contribution is 2.27. The van der Waals surface area contributed by atoms with Crippen molar-refractivity contribution in [3.05, 3.63) is 63.8 Å². The number of methoxy groups -OCH3 is 1. The van der Waals surface area contributed by atoms with Gasteiger partial charge >= 0.3 is 5.63 Å². The second kappa shape index (κ2) is 6.39. The molecule has 130 valence electrons. The molecule has 5 nitrogen and oxygen atoms in total. The number of hydrogen-bond donors (Lipinski definition) is 2. The van der Waals surface area contributed by atoms with Gasteiger partial charge in [-0.2, -0.15) is 0 Å². The molecule has 0 bridgehead atoms. The van der Waals surface area contributed by atoms with Crippen LogP contribution in [0.15, 0.2) is 39.5 Å². The number of fused-ring (bicyclic) bond motifs is 1. The normalized spacial score (nSPS) is 10.8. The Morgan fingerprint density at radius 1 is 1.00 bits per heavy atom. The summed E-state index contributed by atoms with van der Waals surface area (Å²) in [6.07, 6.45) is 0. The van der Waals surface area contributed by atoms with Crippen LogP contribution < -0.4 is 21.2 Å². The Labute approximate surface area is 140 Å². The average Bonchev–Trinajstić information content (AvgIpc) is 2.61. The smallest absolute Gasteiger partial charge is 0.338 e. The minimum atomic E-state index is -1.29. The minimum Gasteiger partial charge on any atom is -0.497 e. The lowest BCUT2D eigenvalue weighted by Gasteiger charge is -2.14. The summed E-state index contributed by atoms with van der Waals surface area (Å²) < 4.78 is 51.3. The summed E-state index contributed by atoms with van der Waals surface area (Å²) in [5.41, 5.74) is 3.92. The molecular weight excluding hydrogens is 337 g/mol. The van der Waals surface area contributed by atoms with Gasteiger partial charge in [-0.3, -0.25) is 10.9 Å². The van der Waals surface area contributed by atoms with E-state index in [-0.39, 0.29) is 11.3 Å². The Morgan fingerprint density at radius 3 is 2.44 bits per heavy atom. The second-order valence-electron chi connectivity index (χ2n) is 5.25. The van der Waals surface area contributed by atoms with Gasteiger partial charge in [-0.15, -0.1) is 0 Å². The average molecular weight is 350 g/mol. The third kappa shape index (κ3) is 3.10. The topological polar surface area (TPSA) is 63.5 Å². The number of benzene rings is 2. The summed E-state index contributed by atoms with van der Waals surface area (Å²) in [6, 6.07) is 6.66. The fourth-order valence-electron chi connectivity index (χ4n) is 2.28. The first-order valence-electron chi connectivity index (χ1n) is 7.18. The molecule has 2 N–H and O–H groups in total. The fourth-order valence-corrected chi connectivity index (χ4v) is 2.28. The van der Waals surface area contributed by atoms with Gasteiger partial charge < -0.3 is 9.15 Å². The summed E-state index contributed by atoms with van der Waals surface area (Å²) in [5.74, 6) is -2.93. The third-order valence-corrected chi connectivity index (χ3v) is 3.67. The number of anilines is 2. The molecule has 0 fully saturated rings. The standard InChI is InChI=1S/C17H13F3N2O3/c1-8-11(18)6-13(17(20)16(8)19)22-21-12-7-15(23)25-14-4-3-9(24-2)5-10(12)14/h3-7,21-22H,1-2H3. The Kier molecular flexibility index (Phi) is 4.26. The Hall–Kier alpha value is -3.16. The molecule has 0 amide bonds. The molecule has 8 heteroatoms. The van der Waals surface area contributed by atoms with Crippen LogP contribution in [0.3, 0.4) is 0 Å². The molecule has 0 unspecified atom stereocenters. The highest BCUT2D eigenvalue weighted by Gasteiger charge is 2.16. The molecule has 0 aliphatic heterocycles. The van der Waals surface area contributed by atoms with Crippen LogP contribution in [0.2, 0.25) is 0 Å². The van der Waals surface area contributed by atoms with Crippen molar-refractivity contribution in [3.8, 4) is 5.75 Å². The van der Waals surface area contributed by atoms with Crippen LogP contribution >= 0.6 is 0 Å². The van der Waals surface area contributed by atoms with Gasteiger partial charge in [0.15, 0.2) is 11.6 Å². The van der Waals surface area contributed by atoms with Crippen molar-refractivity contribution in [1.82, 2.24) is 0 Å². The van der Waals surface area contributed by atoms with Gasteiger partial charge in [0.05, 0.1) is 18.5 Å². The first-order valence-corrected chi connectivity index (χ1v) is 7.18. The number of rotatable bonds is 4. The Morgan fingerprint density at radius 2 is 1.72 bits per heavy atom. The number of ether oxygens (including phenoxy) is 1. The van der Waals surface area contributed by atoms with E-state index in [0.29, 0.717) is 11.1 Å². The summed E-state index contributed by atoms with van der Waals surface area (Å²) in [6.45, 7) is 1.13. The van der Waals surface area contributed by atoms with Crippen LogP contribution in [0, 0.1) is 24.4 Å². The lowest BCUT2D eigenvalue weighted by molar-refractivity contribution is 0.415. The predicted octanol–water partition coefficient (Wildman–Crippen LogP) is 3.97. The molecule has 25 heavy (non-hydrogen) atoms. The molecule has 3 rings (SSSR count). The molecule has 0 saturated heterocycles. The molecule has 1 heterocycles. The van der Waals surface area contributed by atoms with E-state index in [2.05, 4.69) is 10.9 Å². The fraction of sp³-hybridized carbons (Fsp3) is 0.118. The van der Waals surface area contributed by atoms with Gasteiger partial charge in [0.1, 0.15) is 17.1 Å². The lowest BCUT2D eigenvalue weighted by Crippen LogP contribution is -2.14. The molecule has 3 aromatic rings. The van der Waals surface area contributed by atoms with E-state index in [4.69, 9.17) is 9.15 Å². The van der Waals surface area contributed by atoms with Crippen LogP contribution in [0.4, 0.5) is 24.5 Å². The monoisotopic (exact) mass is 350 g/mol. The van der Waals surface area contributed by atoms with Crippen LogP contribution in [0.5, 0.6) is 5.75 Å². The highest BCUT2D eigenvalue weighted by molar-refractivity contribution is 5.91. The number of hydrogen-bond acceptors (Lipinski definition) is 5. The quantitative estimate of drug-likeness (QED) is 0.424. The maximum atomic E-state index is 13.9. The molecule has 0 aliphatic rings. The van der Waals surface area contributed by atoms with Crippen LogP contribution in [0.25, 0.3) is 11.0 Å². The van der Waals surface area contributed by atoms with Crippen molar-refractivity contribution in [3.63, 3.8) is 0 Å². The van der Waals surface area contributed by atoms with E-state index < -0.39 is 34.3 Å². The van der Waals surface area contributed by atoms with Gasteiger partial charge in [0.25, 0.3) is 0 Å². The van der Waals surface area contributed by atoms with E-state index in [9.17, 15) is 18.0 Å². The molecule has 0 spiro atoms. The van der Waals surface area contributed by atoms with E-state index >= 15 is 0 Å². The summed E-state index contributed by atoms with van der Waals surface area (Å²) >= 11 is 0. The molecule has 1 aromatic heterocycles. The van der Waals surface area contributed by atoms with Gasteiger partial charge in [0.2, 0.25) is 0 Å². The summed E-state index contributed by atoms with van der Waals surface area (Å²) in [5, 5.41) is 0.458. The lowest BCUT2D eigenvalue weighted by atomic mass is 10.2. The molecule has 0 atom stereocenters. The zero-order valence-corrected chi connectivity index (χ0v) is 13.2. The van der Waals surface area contributed by atoms with E-state index in [1.54, 1.807) is 12.1 Å². The van der Waals surface area contributed by atoms with Crippen molar-refractivity contribution in [2.45, 2.75) is 6.92 Å². The van der Waals surface area contributed by atoms with Crippen molar-refractivity contribution in [1.29, 1.82) is 0 Å². The molecular formula is C17H13F3N2O3. The van der Waals surface area contributed by atoms with Crippen LogP contribution in [0.1, 0.15) is 5.56 Å². The van der Waals surface area contributed by atoms with Gasteiger partial charge in [-0.05, 0) is 25.1 Å². The summed E-state index contributed by atoms with van der Waals surface area (Å²) in [7, 11) is 1.47. The maximum Gasteiger partial charge on any atom is 0.338 e. The number of nitrogens with one attached hydrogen (secondary N) is 2. The minimum absolute atomic E-state index is 0.228. The maximum absolute atomic E-state index is 13.9. The predicted molar refractivity (Wildman–Crippen MR) is 87.3 cm³/mol. The van der Waals surface area contributed by atoms with Crippen molar-refractivity contribution in [2.24, 2.45) is 0 Å². The second-order valence-corrected chi connectivity index (χ2v) is 5.25. The van der Waals surface area contributed by atoms with Crippen molar-refractivity contribution >= 4 is 22.3 Å². The third-order valence-electron chi connectivity index (χ3n) is 3.67. The van der Waals surface area contributed by atoms with Crippen LogP contribution in [-0.2, 0) is 0 Å². The molecule has 0 aliphatic carbocycles. The van der Waals surface area contributed by atoms with Crippen LogP contribution in [-0.4, -0.2) is 7.11 Å². The van der Waals surface area contributed by atoms with E-state index in [1.165, 1.54) is 13.2 Å². The van der Waals surface area contributed by atoms with E-state index in [1.807, 2.05) is 0 Å². The zero-order chi connectivity index (χ0) is 18.1. The molecule has 0 saturated carbocycles. The molecule has 2 aromatic carbocycles. The highest BCUT2D eigenvalue weighted by atomic mass is 19.2. The zero-order valence-electron chi connectivity index (χ0n) is 13.2. The van der Waals surface area contributed by atoms with Gasteiger partial charge in [-0.25, -0.2) is 18.0 Å². The van der Waals surface area contributed by atoms with Crippen molar-refractivity contribution in [2.75, 3.05) is 18.0 Å². The Bertz CT molecular complexity index is 1020. The SMILES string of the molecule is COc1ccc2oc(=O)cc(NNc3cc(F)c(C)c(F)c3F)c2c1. The van der Waals surface area contributed by atoms with Gasteiger partial charge in [-0.1, -0.05) is 0 Å². The Balaban J connectivity index is 2.00. The first kappa shape index (κ1) is 16.7. The molecule has 0 radical (unpaired) electrons. The van der Waals surface area contributed by atoms with Crippen molar-refractivity contribution < 1.29 is 22.3 Å². The van der Waals surface area contributed by atoms with E-state index in [0.717, 1.165) is 19.1 Å².